The molecule has 3 aliphatic rings. The van der Waals surface area contributed by atoms with E-state index in [9.17, 15) is 4.79 Å². The molecule has 1 aliphatic heterocycles. The number of hydrogen-bond acceptors (Lipinski definition) is 7. The molecule has 0 amide bonds. The lowest BCUT2D eigenvalue weighted by Crippen LogP contribution is -2.47. The lowest BCUT2D eigenvalue weighted by Gasteiger charge is -2.36. The molecule has 3 aromatic rings. The SMILES string of the molecule is COc1cc(C2CC2)c2c(=O)oc(-c3cccnc3N3CCN(CC4CC4)CC3)nc2c1. The quantitative estimate of drug-likeness (QED) is 0.588. The van der Waals surface area contributed by atoms with E-state index < -0.39 is 0 Å². The molecular formula is C25H28N4O3. The molecule has 0 unspecified atom stereocenters. The van der Waals surface area contributed by atoms with Crippen molar-refractivity contribution in [1.82, 2.24) is 14.9 Å². The number of fused-ring (bicyclic) bond motifs is 1. The highest BCUT2D eigenvalue weighted by Gasteiger charge is 2.30. The van der Waals surface area contributed by atoms with Crippen LogP contribution in [-0.2, 0) is 0 Å². The number of pyridine rings is 1. The topological polar surface area (TPSA) is 71.7 Å². The fraction of sp³-hybridized carbons (Fsp3) is 0.480. The van der Waals surface area contributed by atoms with E-state index in [-0.39, 0.29) is 5.63 Å². The van der Waals surface area contributed by atoms with Crippen LogP contribution < -0.4 is 15.3 Å². The largest absolute Gasteiger partial charge is 0.497 e. The van der Waals surface area contributed by atoms with Crippen molar-refractivity contribution in [1.29, 1.82) is 0 Å². The molecule has 0 radical (unpaired) electrons. The Bertz CT molecular complexity index is 1210. The molecule has 1 aromatic carbocycles. The molecule has 0 bridgehead atoms. The number of ether oxygens (including phenoxy) is 1. The Balaban J connectivity index is 1.36. The van der Waals surface area contributed by atoms with Gasteiger partial charge in [0.15, 0.2) is 0 Å². The van der Waals surface area contributed by atoms with Crippen LogP contribution in [0.15, 0.2) is 39.7 Å². The minimum atomic E-state index is -0.335. The third-order valence-electron chi connectivity index (χ3n) is 6.89. The second-order valence-corrected chi connectivity index (χ2v) is 9.30. The normalized spacial score (nSPS) is 19.5. The molecule has 0 atom stereocenters. The summed E-state index contributed by atoms with van der Waals surface area (Å²) in [7, 11) is 1.65. The van der Waals surface area contributed by atoms with E-state index in [0.29, 0.717) is 22.7 Å². The second kappa shape index (κ2) is 7.89. The molecule has 0 spiro atoms. The van der Waals surface area contributed by atoms with Crippen molar-refractivity contribution in [2.45, 2.75) is 31.6 Å². The van der Waals surface area contributed by atoms with Gasteiger partial charge in [-0.25, -0.2) is 14.8 Å². The molecule has 2 aliphatic carbocycles. The molecule has 3 heterocycles. The molecule has 166 valence electrons. The Morgan fingerprint density at radius 2 is 1.94 bits per heavy atom. The van der Waals surface area contributed by atoms with Crippen LogP contribution in [-0.4, -0.2) is 54.7 Å². The highest BCUT2D eigenvalue weighted by Crippen LogP contribution is 2.44. The average molecular weight is 433 g/mol. The summed E-state index contributed by atoms with van der Waals surface area (Å²) in [6, 6.07) is 7.59. The van der Waals surface area contributed by atoms with E-state index >= 15 is 0 Å². The predicted molar refractivity (Wildman–Crippen MR) is 123 cm³/mol. The summed E-state index contributed by atoms with van der Waals surface area (Å²) in [5, 5.41) is 0.580. The first-order valence-corrected chi connectivity index (χ1v) is 11.6. The summed E-state index contributed by atoms with van der Waals surface area (Å²) in [5.41, 5.74) is 2.04. The van der Waals surface area contributed by atoms with Gasteiger partial charge < -0.3 is 14.1 Å². The van der Waals surface area contributed by atoms with E-state index in [1.54, 1.807) is 13.3 Å². The molecule has 7 heteroatoms. The lowest BCUT2D eigenvalue weighted by molar-refractivity contribution is 0.247. The van der Waals surface area contributed by atoms with Crippen molar-refractivity contribution >= 4 is 16.7 Å². The fourth-order valence-corrected chi connectivity index (χ4v) is 4.78. The summed E-state index contributed by atoms with van der Waals surface area (Å²) in [6.07, 6.45) is 6.73. The number of benzene rings is 1. The molecule has 7 nitrogen and oxygen atoms in total. The zero-order valence-corrected chi connectivity index (χ0v) is 18.4. The highest BCUT2D eigenvalue weighted by atomic mass is 16.5. The van der Waals surface area contributed by atoms with Gasteiger partial charge in [0.1, 0.15) is 11.6 Å². The maximum absolute atomic E-state index is 13.1. The van der Waals surface area contributed by atoms with Gasteiger partial charge in [-0.05, 0) is 61.3 Å². The molecule has 3 fully saturated rings. The Kier molecular flexibility index (Phi) is 4.86. The van der Waals surface area contributed by atoms with E-state index in [1.807, 2.05) is 24.3 Å². The zero-order valence-electron chi connectivity index (χ0n) is 18.4. The van der Waals surface area contributed by atoms with Crippen LogP contribution in [0, 0.1) is 5.92 Å². The molecule has 1 saturated heterocycles. The van der Waals surface area contributed by atoms with Gasteiger partial charge in [0.05, 0.1) is 23.6 Å². The molecule has 0 N–H and O–H groups in total. The number of hydrogen-bond donors (Lipinski definition) is 0. The predicted octanol–water partition coefficient (Wildman–Crippen LogP) is 3.67. The van der Waals surface area contributed by atoms with Gasteiger partial charge in [0, 0.05) is 45.0 Å². The summed E-state index contributed by atoms with van der Waals surface area (Å²) in [4.78, 5) is 27.3. The van der Waals surface area contributed by atoms with Crippen molar-refractivity contribution in [2.75, 3.05) is 44.7 Å². The summed E-state index contributed by atoms with van der Waals surface area (Å²) < 4.78 is 11.3. The first kappa shape index (κ1) is 19.7. The fourth-order valence-electron chi connectivity index (χ4n) is 4.78. The monoisotopic (exact) mass is 432 g/mol. The molecule has 32 heavy (non-hydrogen) atoms. The van der Waals surface area contributed by atoms with Crippen molar-refractivity contribution in [3.63, 3.8) is 0 Å². The van der Waals surface area contributed by atoms with Gasteiger partial charge in [-0.3, -0.25) is 4.90 Å². The molecule has 2 saturated carbocycles. The van der Waals surface area contributed by atoms with Crippen LogP contribution >= 0.6 is 0 Å². The number of nitrogens with zero attached hydrogens (tertiary/aromatic N) is 4. The Labute approximate surface area is 187 Å². The Hall–Kier alpha value is -2.93. The van der Waals surface area contributed by atoms with E-state index in [1.165, 1.54) is 19.4 Å². The molecule has 2 aromatic heterocycles. The van der Waals surface area contributed by atoms with Crippen molar-refractivity contribution in [2.24, 2.45) is 5.92 Å². The number of methoxy groups -OCH3 is 1. The van der Waals surface area contributed by atoms with Crippen molar-refractivity contribution in [3.8, 4) is 17.2 Å². The van der Waals surface area contributed by atoms with E-state index in [2.05, 4.69) is 14.8 Å². The van der Waals surface area contributed by atoms with Crippen LogP contribution in [0.4, 0.5) is 5.82 Å². The number of piperazine rings is 1. The number of rotatable bonds is 6. The van der Waals surface area contributed by atoms with Gasteiger partial charge >= 0.3 is 5.63 Å². The number of aromatic nitrogens is 2. The lowest BCUT2D eigenvalue weighted by atomic mass is 10.0. The van der Waals surface area contributed by atoms with E-state index in [0.717, 1.165) is 67.6 Å². The maximum atomic E-state index is 13.1. The maximum Gasteiger partial charge on any atom is 0.347 e. The zero-order chi connectivity index (χ0) is 21.7. The molecule has 6 rings (SSSR count). The van der Waals surface area contributed by atoms with Crippen LogP contribution in [0.3, 0.4) is 0 Å². The Morgan fingerprint density at radius 1 is 1.12 bits per heavy atom. The van der Waals surface area contributed by atoms with Gasteiger partial charge in [0.2, 0.25) is 5.89 Å². The Morgan fingerprint density at radius 3 is 2.66 bits per heavy atom. The van der Waals surface area contributed by atoms with Gasteiger partial charge in [-0.1, -0.05) is 0 Å². The van der Waals surface area contributed by atoms with Crippen LogP contribution in [0.25, 0.3) is 22.4 Å². The van der Waals surface area contributed by atoms with Gasteiger partial charge in [0.25, 0.3) is 0 Å². The molecular weight excluding hydrogens is 404 g/mol. The van der Waals surface area contributed by atoms with E-state index in [4.69, 9.17) is 14.1 Å². The third-order valence-corrected chi connectivity index (χ3v) is 6.89. The average Bonchev–Trinajstić information content (AvgIpc) is 3.74. The minimum Gasteiger partial charge on any atom is -0.497 e. The summed E-state index contributed by atoms with van der Waals surface area (Å²) >= 11 is 0. The van der Waals surface area contributed by atoms with Crippen molar-refractivity contribution in [3.05, 3.63) is 46.4 Å². The summed E-state index contributed by atoms with van der Waals surface area (Å²) in [5.74, 6) is 3.17. The first-order chi connectivity index (χ1) is 15.7. The second-order valence-electron chi connectivity index (χ2n) is 9.30. The smallest absolute Gasteiger partial charge is 0.347 e. The van der Waals surface area contributed by atoms with Crippen molar-refractivity contribution < 1.29 is 9.15 Å². The van der Waals surface area contributed by atoms with Crippen LogP contribution in [0.1, 0.15) is 37.2 Å². The van der Waals surface area contributed by atoms with Crippen LogP contribution in [0.5, 0.6) is 5.75 Å². The first-order valence-electron chi connectivity index (χ1n) is 11.6. The highest BCUT2D eigenvalue weighted by molar-refractivity contribution is 5.85. The van der Waals surface area contributed by atoms with Crippen LogP contribution in [0.2, 0.25) is 0 Å². The van der Waals surface area contributed by atoms with Gasteiger partial charge in [-0.2, -0.15) is 0 Å². The number of anilines is 1. The van der Waals surface area contributed by atoms with Gasteiger partial charge in [-0.15, -0.1) is 0 Å². The standard InChI is InChI=1S/C25H28N4O3/c1-31-18-13-20(17-6-7-17)22-21(14-18)27-24(32-25(22)30)19-3-2-8-26-23(19)29-11-9-28(10-12-29)15-16-4-5-16/h2-3,8,13-14,16-17H,4-7,9-12,15H2,1H3. The third kappa shape index (κ3) is 3.75. The summed E-state index contributed by atoms with van der Waals surface area (Å²) in [6.45, 7) is 5.10. The minimum absolute atomic E-state index is 0.320.